The van der Waals surface area contributed by atoms with Crippen molar-refractivity contribution in [3.8, 4) is 5.75 Å². The molecule has 1 amide bonds. The van der Waals surface area contributed by atoms with E-state index < -0.39 is 15.9 Å². The molecule has 0 aliphatic carbocycles. The quantitative estimate of drug-likeness (QED) is 0.626. The molecule has 3 rings (SSSR count). The van der Waals surface area contributed by atoms with Crippen LogP contribution in [0.3, 0.4) is 0 Å². The monoisotopic (exact) mass is 479 g/mol. The van der Waals surface area contributed by atoms with Gasteiger partial charge in [0.05, 0.1) is 11.5 Å². The number of aryl methyl sites for hydroxylation is 2. The molecule has 1 aliphatic rings. The van der Waals surface area contributed by atoms with E-state index in [0.717, 1.165) is 21.2 Å². The average molecular weight is 480 g/mol. The summed E-state index contributed by atoms with van der Waals surface area (Å²) in [7, 11) is -3.11. The van der Waals surface area contributed by atoms with Gasteiger partial charge in [-0.25, -0.2) is 8.42 Å². The van der Waals surface area contributed by atoms with Gasteiger partial charge in [0.1, 0.15) is 5.75 Å². The number of carbonyl (C=O) groups excluding carboxylic acids is 1. The van der Waals surface area contributed by atoms with Crippen LogP contribution >= 0.6 is 15.9 Å². The van der Waals surface area contributed by atoms with Crippen LogP contribution in [0, 0.1) is 13.8 Å². The summed E-state index contributed by atoms with van der Waals surface area (Å²) in [6.07, 6.45) is -0.259. The third kappa shape index (κ3) is 5.82. The topological polar surface area (TPSA) is 63.7 Å². The molecule has 0 spiro atoms. The van der Waals surface area contributed by atoms with Gasteiger partial charge in [-0.05, 0) is 68.1 Å². The molecule has 0 aromatic heterocycles. The van der Waals surface area contributed by atoms with Crippen LogP contribution in [0.25, 0.3) is 0 Å². The maximum atomic E-state index is 13.3. The fourth-order valence-electron chi connectivity index (χ4n) is 3.73. The molecule has 0 radical (unpaired) electrons. The summed E-state index contributed by atoms with van der Waals surface area (Å²) in [5.41, 5.74) is 3.07. The van der Waals surface area contributed by atoms with Crippen molar-refractivity contribution in [2.75, 3.05) is 11.5 Å². The van der Waals surface area contributed by atoms with E-state index in [1.807, 2.05) is 56.3 Å². The molecule has 2 aromatic carbocycles. The summed E-state index contributed by atoms with van der Waals surface area (Å²) in [6.45, 7) is 6.03. The summed E-state index contributed by atoms with van der Waals surface area (Å²) < 4.78 is 30.9. The third-order valence-corrected chi connectivity index (χ3v) is 7.27. The first-order valence-electron chi connectivity index (χ1n) is 9.63. The van der Waals surface area contributed by atoms with Crippen LogP contribution in [0.5, 0.6) is 5.75 Å². The second kappa shape index (κ2) is 8.88. The lowest BCUT2D eigenvalue weighted by Gasteiger charge is -2.31. The largest absolute Gasteiger partial charge is 0.481 e. The van der Waals surface area contributed by atoms with Gasteiger partial charge in [-0.2, -0.15) is 0 Å². The molecule has 2 aromatic rings. The first kappa shape index (κ1) is 21.8. The van der Waals surface area contributed by atoms with Gasteiger partial charge in [0, 0.05) is 17.1 Å². The van der Waals surface area contributed by atoms with E-state index in [9.17, 15) is 13.2 Å². The van der Waals surface area contributed by atoms with Crippen LogP contribution < -0.4 is 4.74 Å². The highest BCUT2D eigenvalue weighted by atomic mass is 79.9. The van der Waals surface area contributed by atoms with Crippen molar-refractivity contribution in [1.29, 1.82) is 0 Å². The second-order valence-electron chi connectivity index (χ2n) is 7.74. The average Bonchev–Trinajstić information content (AvgIpc) is 2.98. The molecule has 0 bridgehead atoms. The Morgan fingerprint density at radius 3 is 2.48 bits per heavy atom. The minimum absolute atomic E-state index is 0.00299. The zero-order valence-corrected chi connectivity index (χ0v) is 19.3. The Kier molecular flexibility index (Phi) is 6.69. The number of sulfone groups is 1. The summed E-state index contributed by atoms with van der Waals surface area (Å²) in [4.78, 5) is 15.0. The number of amides is 1. The second-order valence-corrected chi connectivity index (χ2v) is 10.9. The van der Waals surface area contributed by atoms with Crippen molar-refractivity contribution < 1.29 is 17.9 Å². The zero-order chi connectivity index (χ0) is 21.2. The van der Waals surface area contributed by atoms with Crippen LogP contribution in [0.15, 0.2) is 46.9 Å². The van der Waals surface area contributed by atoms with E-state index in [1.165, 1.54) is 0 Å². The van der Waals surface area contributed by atoms with E-state index in [-0.39, 0.29) is 23.5 Å². The lowest BCUT2D eigenvalue weighted by Crippen LogP contribution is -2.46. The first-order chi connectivity index (χ1) is 13.6. The number of rotatable bonds is 6. The highest BCUT2D eigenvalue weighted by Crippen LogP contribution is 2.24. The van der Waals surface area contributed by atoms with Crippen LogP contribution in [0.2, 0.25) is 0 Å². The normalized spacial score (nSPS) is 19.0. The molecule has 5 nitrogen and oxygen atoms in total. The van der Waals surface area contributed by atoms with Crippen LogP contribution in [-0.4, -0.2) is 42.9 Å². The van der Waals surface area contributed by atoms with E-state index in [4.69, 9.17) is 4.74 Å². The van der Waals surface area contributed by atoms with E-state index in [2.05, 4.69) is 15.9 Å². The number of hydrogen-bond donors (Lipinski definition) is 0. The maximum absolute atomic E-state index is 13.3. The molecule has 0 saturated carbocycles. The standard InChI is InChI=1S/C22H26BrNO4S/c1-15-9-16(2)11-21(10-15)28-17(3)22(25)24(20-7-8-29(26,27)14-20)13-18-5-4-6-19(23)12-18/h4-6,9-12,17,20H,7-8,13-14H2,1-3H3. The van der Waals surface area contributed by atoms with Crippen molar-refractivity contribution in [2.24, 2.45) is 0 Å². The molecule has 1 heterocycles. The van der Waals surface area contributed by atoms with Gasteiger partial charge < -0.3 is 9.64 Å². The SMILES string of the molecule is Cc1cc(C)cc(OC(C)C(=O)N(Cc2cccc(Br)c2)C2CCS(=O)(=O)C2)c1. The fraction of sp³-hybridized carbons (Fsp3) is 0.409. The van der Waals surface area contributed by atoms with Crippen molar-refractivity contribution in [2.45, 2.75) is 45.9 Å². The van der Waals surface area contributed by atoms with Crippen LogP contribution in [0.4, 0.5) is 0 Å². The minimum atomic E-state index is -3.11. The zero-order valence-electron chi connectivity index (χ0n) is 16.9. The van der Waals surface area contributed by atoms with Crippen LogP contribution in [0.1, 0.15) is 30.0 Å². The molecular weight excluding hydrogens is 454 g/mol. The fourth-order valence-corrected chi connectivity index (χ4v) is 5.91. The third-order valence-electron chi connectivity index (χ3n) is 5.03. The van der Waals surface area contributed by atoms with Gasteiger partial charge in [0.2, 0.25) is 0 Å². The molecule has 2 unspecified atom stereocenters. The van der Waals surface area contributed by atoms with Gasteiger partial charge in [-0.15, -0.1) is 0 Å². The molecule has 7 heteroatoms. The molecule has 156 valence electrons. The Morgan fingerprint density at radius 1 is 1.21 bits per heavy atom. The number of ether oxygens (including phenoxy) is 1. The predicted molar refractivity (Wildman–Crippen MR) is 118 cm³/mol. The molecule has 0 N–H and O–H groups in total. The highest BCUT2D eigenvalue weighted by Gasteiger charge is 2.36. The summed E-state index contributed by atoms with van der Waals surface area (Å²) in [6, 6.07) is 13.2. The number of benzene rings is 2. The van der Waals surface area contributed by atoms with Crippen molar-refractivity contribution in [1.82, 2.24) is 4.90 Å². The summed E-state index contributed by atoms with van der Waals surface area (Å²) >= 11 is 3.45. The van der Waals surface area contributed by atoms with E-state index in [1.54, 1.807) is 11.8 Å². The summed E-state index contributed by atoms with van der Waals surface area (Å²) in [5, 5.41) is 0. The number of halogens is 1. The minimum Gasteiger partial charge on any atom is -0.481 e. The Morgan fingerprint density at radius 2 is 1.90 bits per heavy atom. The summed E-state index contributed by atoms with van der Waals surface area (Å²) in [5.74, 6) is 0.561. The van der Waals surface area contributed by atoms with Gasteiger partial charge in [-0.1, -0.05) is 34.1 Å². The molecule has 1 fully saturated rings. The van der Waals surface area contributed by atoms with E-state index in [0.29, 0.717) is 18.7 Å². The van der Waals surface area contributed by atoms with Gasteiger partial charge in [0.25, 0.3) is 5.91 Å². The Labute approximate surface area is 181 Å². The molecule has 29 heavy (non-hydrogen) atoms. The Hall–Kier alpha value is -1.86. The Balaban J connectivity index is 1.82. The van der Waals surface area contributed by atoms with Crippen molar-refractivity contribution in [3.63, 3.8) is 0 Å². The predicted octanol–water partition coefficient (Wildman–Crippen LogP) is 4.05. The molecule has 1 saturated heterocycles. The first-order valence-corrected chi connectivity index (χ1v) is 12.2. The lowest BCUT2D eigenvalue weighted by atomic mass is 10.1. The number of nitrogens with zero attached hydrogens (tertiary/aromatic N) is 1. The smallest absolute Gasteiger partial charge is 0.263 e. The van der Waals surface area contributed by atoms with Crippen LogP contribution in [-0.2, 0) is 21.2 Å². The molecular formula is C22H26BrNO4S. The highest BCUT2D eigenvalue weighted by molar-refractivity contribution is 9.10. The molecule has 1 aliphatic heterocycles. The van der Waals surface area contributed by atoms with Gasteiger partial charge in [0.15, 0.2) is 15.9 Å². The van der Waals surface area contributed by atoms with Gasteiger partial charge >= 0.3 is 0 Å². The number of hydrogen-bond acceptors (Lipinski definition) is 4. The lowest BCUT2D eigenvalue weighted by molar-refractivity contribution is -0.140. The van der Waals surface area contributed by atoms with E-state index >= 15 is 0 Å². The maximum Gasteiger partial charge on any atom is 0.263 e. The van der Waals surface area contributed by atoms with Crippen molar-refractivity contribution >= 4 is 31.7 Å². The van der Waals surface area contributed by atoms with Crippen molar-refractivity contribution in [3.05, 3.63) is 63.6 Å². The van der Waals surface area contributed by atoms with Gasteiger partial charge in [-0.3, -0.25) is 4.79 Å². The Bertz CT molecular complexity index is 985. The molecule has 2 atom stereocenters. The number of carbonyl (C=O) groups is 1.